The monoisotopic (exact) mass is 369 g/mol. The van der Waals surface area contributed by atoms with Gasteiger partial charge < -0.3 is 11.5 Å². The molecule has 4 N–H and O–H groups in total. The number of hydrogen-bond acceptors (Lipinski definition) is 5. The molecule has 1 saturated carbocycles. The molecule has 0 unspecified atom stereocenters. The van der Waals surface area contributed by atoms with Crippen LogP contribution in [0.1, 0.15) is 32.1 Å². The third-order valence-electron chi connectivity index (χ3n) is 4.01. The summed E-state index contributed by atoms with van der Waals surface area (Å²) in [5.41, 5.74) is 12.5. The van der Waals surface area contributed by atoms with E-state index < -0.39 is 5.66 Å². The highest BCUT2D eigenvalue weighted by atomic mass is 79.9. The van der Waals surface area contributed by atoms with Crippen LogP contribution in [0.2, 0.25) is 5.02 Å². The highest BCUT2D eigenvalue weighted by Crippen LogP contribution is 2.40. The van der Waals surface area contributed by atoms with Crippen molar-refractivity contribution in [2.75, 3.05) is 4.90 Å². The number of benzene rings is 1. The van der Waals surface area contributed by atoms with Crippen LogP contribution >= 0.6 is 27.5 Å². The summed E-state index contributed by atoms with van der Waals surface area (Å²) in [6, 6.07) is 5.72. The topological polar surface area (TPSA) is 80.0 Å². The number of aliphatic imine (C=N–C) groups is 2. The van der Waals surface area contributed by atoms with Crippen LogP contribution in [0.15, 0.2) is 32.7 Å². The lowest BCUT2D eigenvalue weighted by atomic mass is 9.87. The van der Waals surface area contributed by atoms with Crippen LogP contribution in [0, 0.1) is 0 Å². The average Bonchev–Trinajstić information content (AvgIpc) is 2.42. The van der Waals surface area contributed by atoms with Gasteiger partial charge in [0.25, 0.3) is 0 Å². The molecule has 1 aliphatic carbocycles. The van der Waals surface area contributed by atoms with Crippen molar-refractivity contribution in [2.24, 2.45) is 21.5 Å². The van der Waals surface area contributed by atoms with Gasteiger partial charge in [0.05, 0.1) is 5.02 Å². The predicted molar refractivity (Wildman–Crippen MR) is 90.7 cm³/mol. The molecule has 1 aromatic rings. The van der Waals surface area contributed by atoms with Gasteiger partial charge in [-0.05, 0) is 59.8 Å². The fourth-order valence-electron chi connectivity index (χ4n) is 3.12. The smallest absolute Gasteiger partial charge is 0.220 e. The lowest BCUT2D eigenvalue weighted by molar-refractivity contribution is 0.305. The Morgan fingerprint density at radius 3 is 2.57 bits per heavy atom. The molecule has 0 saturated heterocycles. The van der Waals surface area contributed by atoms with Crippen LogP contribution in [-0.4, -0.2) is 17.6 Å². The van der Waals surface area contributed by atoms with Gasteiger partial charge in [-0.3, -0.25) is 4.90 Å². The zero-order chi connectivity index (χ0) is 15.0. The van der Waals surface area contributed by atoms with Crippen molar-refractivity contribution in [3.8, 4) is 0 Å². The van der Waals surface area contributed by atoms with E-state index in [4.69, 9.17) is 23.1 Å². The first-order valence-electron chi connectivity index (χ1n) is 6.97. The van der Waals surface area contributed by atoms with Gasteiger partial charge in [-0.2, -0.15) is 4.99 Å². The first-order chi connectivity index (χ1) is 10.0. The number of anilines is 1. The normalized spacial score (nSPS) is 21.1. The van der Waals surface area contributed by atoms with Crippen molar-refractivity contribution in [1.82, 2.24) is 0 Å². The van der Waals surface area contributed by atoms with Gasteiger partial charge in [-0.1, -0.05) is 18.0 Å². The predicted octanol–water partition coefficient (Wildman–Crippen LogP) is 3.21. The van der Waals surface area contributed by atoms with Crippen molar-refractivity contribution in [3.63, 3.8) is 0 Å². The number of rotatable bonds is 1. The maximum absolute atomic E-state index is 6.16. The van der Waals surface area contributed by atoms with Gasteiger partial charge in [-0.25, -0.2) is 4.99 Å². The van der Waals surface area contributed by atoms with Crippen molar-refractivity contribution in [2.45, 2.75) is 37.8 Å². The summed E-state index contributed by atoms with van der Waals surface area (Å²) in [6.45, 7) is 0. The molecule has 5 nitrogen and oxygen atoms in total. The van der Waals surface area contributed by atoms with E-state index in [-0.39, 0.29) is 5.96 Å². The van der Waals surface area contributed by atoms with Crippen LogP contribution in [0.3, 0.4) is 0 Å². The van der Waals surface area contributed by atoms with Gasteiger partial charge in [0.15, 0.2) is 0 Å². The van der Waals surface area contributed by atoms with E-state index in [0.29, 0.717) is 11.0 Å². The van der Waals surface area contributed by atoms with Crippen molar-refractivity contribution in [3.05, 3.63) is 27.7 Å². The summed E-state index contributed by atoms with van der Waals surface area (Å²) < 4.78 is 0.822. The zero-order valence-corrected chi connectivity index (χ0v) is 13.9. The fourth-order valence-corrected chi connectivity index (χ4v) is 3.60. The SMILES string of the molecule is NC1=NC2(CCCCC2)N(c2ccc(Cl)c(Br)c2)C(N)=N1. The Kier molecular flexibility index (Phi) is 3.84. The third-order valence-corrected chi connectivity index (χ3v) is 5.23. The summed E-state index contributed by atoms with van der Waals surface area (Å²) in [4.78, 5) is 10.8. The van der Waals surface area contributed by atoms with Crippen molar-refractivity contribution >= 4 is 45.1 Å². The minimum Gasteiger partial charge on any atom is -0.369 e. The minimum atomic E-state index is -0.415. The van der Waals surface area contributed by atoms with E-state index >= 15 is 0 Å². The highest BCUT2D eigenvalue weighted by molar-refractivity contribution is 9.10. The molecule has 1 aromatic carbocycles. The second-order valence-corrected chi connectivity index (χ2v) is 6.68. The Bertz CT molecular complexity index is 622. The van der Waals surface area contributed by atoms with Crippen LogP contribution in [0.5, 0.6) is 0 Å². The molecule has 2 aliphatic rings. The first kappa shape index (κ1) is 14.7. The molecule has 112 valence electrons. The molecule has 1 fully saturated rings. The van der Waals surface area contributed by atoms with Gasteiger partial charge in [0.1, 0.15) is 5.66 Å². The molecule has 0 atom stereocenters. The van der Waals surface area contributed by atoms with E-state index in [0.717, 1.165) is 35.8 Å². The third kappa shape index (κ3) is 2.62. The molecule has 1 spiro atoms. The second kappa shape index (κ2) is 5.50. The highest BCUT2D eigenvalue weighted by Gasteiger charge is 2.42. The van der Waals surface area contributed by atoms with Crippen LogP contribution < -0.4 is 16.4 Å². The second-order valence-electron chi connectivity index (χ2n) is 5.42. The summed E-state index contributed by atoms with van der Waals surface area (Å²) >= 11 is 9.54. The quantitative estimate of drug-likeness (QED) is 0.796. The first-order valence-corrected chi connectivity index (χ1v) is 8.14. The number of halogens is 2. The number of nitrogens with two attached hydrogens (primary N) is 2. The Hall–Kier alpha value is -1.27. The van der Waals surface area contributed by atoms with Gasteiger partial charge >= 0.3 is 0 Å². The van der Waals surface area contributed by atoms with E-state index in [9.17, 15) is 0 Å². The zero-order valence-electron chi connectivity index (χ0n) is 11.5. The van der Waals surface area contributed by atoms with Crippen LogP contribution in [-0.2, 0) is 0 Å². The van der Waals surface area contributed by atoms with E-state index in [1.165, 1.54) is 6.42 Å². The van der Waals surface area contributed by atoms with E-state index in [1.54, 1.807) is 0 Å². The molecule has 21 heavy (non-hydrogen) atoms. The molecule has 1 heterocycles. The number of nitrogens with zero attached hydrogens (tertiary/aromatic N) is 3. The van der Waals surface area contributed by atoms with Gasteiger partial charge in [-0.15, -0.1) is 0 Å². The lowest BCUT2D eigenvalue weighted by Crippen LogP contribution is -2.58. The Balaban J connectivity index is 2.08. The summed E-state index contributed by atoms with van der Waals surface area (Å²) in [5, 5.41) is 0.659. The average molecular weight is 371 g/mol. The molecule has 0 amide bonds. The summed E-state index contributed by atoms with van der Waals surface area (Å²) in [6.07, 6.45) is 5.27. The van der Waals surface area contributed by atoms with Crippen LogP contribution in [0.4, 0.5) is 5.69 Å². The maximum Gasteiger partial charge on any atom is 0.220 e. The molecule has 1 aliphatic heterocycles. The largest absolute Gasteiger partial charge is 0.369 e. The number of hydrogen-bond donors (Lipinski definition) is 2. The molecular formula is C14H17BrClN5. The van der Waals surface area contributed by atoms with Gasteiger partial charge in [0.2, 0.25) is 11.9 Å². The van der Waals surface area contributed by atoms with Crippen molar-refractivity contribution < 1.29 is 0 Å². The molecule has 3 rings (SSSR count). The Labute approximate surface area is 137 Å². The molecular weight excluding hydrogens is 354 g/mol. The van der Waals surface area contributed by atoms with E-state index in [1.807, 2.05) is 23.1 Å². The maximum atomic E-state index is 6.16. The molecule has 0 aromatic heterocycles. The van der Waals surface area contributed by atoms with Crippen LogP contribution in [0.25, 0.3) is 0 Å². The molecule has 7 heteroatoms. The minimum absolute atomic E-state index is 0.263. The standard InChI is InChI=1S/C14H17BrClN5/c15-10-8-9(4-5-11(10)16)21-13(18)19-12(17)20-14(21)6-2-1-3-7-14/h4-5,8H,1-3,6-7H2,(H4,17,18,19,20). The molecule has 0 radical (unpaired) electrons. The Morgan fingerprint density at radius 1 is 1.19 bits per heavy atom. The summed E-state index contributed by atoms with van der Waals surface area (Å²) in [7, 11) is 0. The van der Waals surface area contributed by atoms with Crippen molar-refractivity contribution in [1.29, 1.82) is 0 Å². The Morgan fingerprint density at radius 2 is 1.90 bits per heavy atom. The molecule has 0 bridgehead atoms. The van der Waals surface area contributed by atoms with E-state index in [2.05, 4.69) is 25.9 Å². The van der Waals surface area contributed by atoms with Gasteiger partial charge in [0, 0.05) is 10.2 Å². The fraction of sp³-hybridized carbons (Fsp3) is 0.429. The lowest BCUT2D eigenvalue weighted by Gasteiger charge is -2.45. The number of guanidine groups is 2. The summed E-state index contributed by atoms with van der Waals surface area (Å²) in [5.74, 6) is 0.650.